The van der Waals surface area contributed by atoms with Crippen molar-refractivity contribution in [3.05, 3.63) is 50.9 Å². The van der Waals surface area contributed by atoms with Gasteiger partial charge in [0.15, 0.2) is 0 Å². The largest absolute Gasteiger partial charge is 0.368 e. The predicted octanol–water partition coefficient (Wildman–Crippen LogP) is 3.49. The minimum atomic E-state index is -0.685. The zero-order chi connectivity index (χ0) is 18.3. The predicted molar refractivity (Wildman–Crippen MR) is 102 cm³/mol. The molecule has 2 aromatic heterocycles. The Kier molecular flexibility index (Phi) is 4.47. The van der Waals surface area contributed by atoms with Crippen molar-refractivity contribution in [3.8, 4) is 11.1 Å². The second-order valence-electron chi connectivity index (χ2n) is 6.24. The Bertz CT molecular complexity index is 1020. The van der Waals surface area contributed by atoms with Crippen LogP contribution in [-0.4, -0.2) is 15.5 Å². The maximum atomic E-state index is 13.3. The molecule has 5 nitrogen and oxygen atoms in total. The number of nitrogens with zero attached hydrogens (tertiary/aromatic N) is 2. The lowest BCUT2D eigenvalue weighted by Crippen LogP contribution is -2.35. The summed E-state index contributed by atoms with van der Waals surface area (Å²) in [6, 6.07) is 7.39. The zero-order valence-electron chi connectivity index (χ0n) is 14.8. The molecule has 2 heterocycles. The fourth-order valence-electron chi connectivity index (χ4n) is 3.22. The second-order valence-corrected chi connectivity index (χ2v) is 7.44. The smallest absolute Gasteiger partial charge is 0.263 e. The van der Waals surface area contributed by atoms with Crippen molar-refractivity contribution in [2.75, 3.05) is 0 Å². The number of nitrogens with two attached hydrogens (primary N) is 1. The highest BCUT2D eigenvalue weighted by Gasteiger charge is 2.24. The van der Waals surface area contributed by atoms with Gasteiger partial charge in [-0.1, -0.05) is 36.8 Å². The Morgan fingerprint density at radius 3 is 2.44 bits per heavy atom. The minimum Gasteiger partial charge on any atom is -0.368 e. The van der Waals surface area contributed by atoms with Crippen molar-refractivity contribution < 1.29 is 4.79 Å². The van der Waals surface area contributed by atoms with Gasteiger partial charge in [-0.05, 0) is 32.8 Å². The number of fused-ring (bicyclic) bond motifs is 1. The highest BCUT2D eigenvalue weighted by Crippen LogP contribution is 2.36. The van der Waals surface area contributed by atoms with E-state index in [-0.39, 0.29) is 5.56 Å². The van der Waals surface area contributed by atoms with Gasteiger partial charge in [-0.25, -0.2) is 4.98 Å². The van der Waals surface area contributed by atoms with Gasteiger partial charge in [0.2, 0.25) is 5.91 Å². The molecule has 6 heteroatoms. The highest BCUT2D eigenvalue weighted by atomic mass is 32.1. The number of amides is 1. The average molecular weight is 355 g/mol. The third-order valence-electron chi connectivity index (χ3n) is 4.48. The molecular formula is C19H21N3O2S. The van der Waals surface area contributed by atoms with Crippen LogP contribution in [0, 0.1) is 20.8 Å². The van der Waals surface area contributed by atoms with E-state index in [0.717, 1.165) is 21.6 Å². The molecule has 0 radical (unpaired) electrons. The summed E-state index contributed by atoms with van der Waals surface area (Å²) in [6.07, 6.45) is 0.451. The van der Waals surface area contributed by atoms with Crippen molar-refractivity contribution in [2.24, 2.45) is 5.73 Å². The monoisotopic (exact) mass is 355 g/mol. The third kappa shape index (κ3) is 2.87. The van der Waals surface area contributed by atoms with E-state index in [1.54, 1.807) is 6.92 Å². The fraction of sp³-hybridized carbons (Fsp3) is 0.316. The number of aryl methyl sites for hydroxylation is 3. The number of primary amides is 1. The van der Waals surface area contributed by atoms with Gasteiger partial charge in [-0.2, -0.15) is 0 Å². The molecule has 25 heavy (non-hydrogen) atoms. The second kappa shape index (κ2) is 6.44. The number of thiophene rings is 1. The van der Waals surface area contributed by atoms with E-state index >= 15 is 0 Å². The maximum absolute atomic E-state index is 13.3. The molecule has 0 saturated carbocycles. The molecule has 0 fully saturated rings. The van der Waals surface area contributed by atoms with Crippen molar-refractivity contribution >= 4 is 27.5 Å². The lowest BCUT2D eigenvalue weighted by Gasteiger charge is -2.17. The van der Waals surface area contributed by atoms with Crippen LogP contribution >= 0.6 is 11.3 Å². The molecule has 1 atom stereocenters. The molecule has 0 aliphatic heterocycles. The fourth-order valence-corrected chi connectivity index (χ4v) is 4.30. The van der Waals surface area contributed by atoms with Crippen LogP contribution in [0.2, 0.25) is 0 Å². The van der Waals surface area contributed by atoms with Crippen LogP contribution in [0.4, 0.5) is 0 Å². The van der Waals surface area contributed by atoms with Crippen LogP contribution in [0.5, 0.6) is 0 Å². The van der Waals surface area contributed by atoms with Crippen LogP contribution in [0.1, 0.15) is 35.7 Å². The molecule has 0 aliphatic carbocycles. The van der Waals surface area contributed by atoms with E-state index in [4.69, 9.17) is 5.73 Å². The number of rotatable bonds is 4. The first-order valence-electron chi connectivity index (χ1n) is 8.23. The molecule has 130 valence electrons. The molecule has 1 aromatic carbocycles. The average Bonchev–Trinajstić information content (AvgIpc) is 2.88. The van der Waals surface area contributed by atoms with Crippen LogP contribution in [0.15, 0.2) is 29.1 Å². The summed E-state index contributed by atoms with van der Waals surface area (Å²) >= 11 is 1.50. The van der Waals surface area contributed by atoms with Gasteiger partial charge >= 0.3 is 0 Å². The molecule has 0 spiro atoms. The van der Waals surface area contributed by atoms with Gasteiger partial charge in [0.25, 0.3) is 5.56 Å². The number of hydrogen-bond donors (Lipinski definition) is 1. The number of benzene rings is 1. The summed E-state index contributed by atoms with van der Waals surface area (Å²) in [7, 11) is 0. The molecule has 3 rings (SSSR count). The summed E-state index contributed by atoms with van der Waals surface area (Å²) in [6.45, 7) is 7.60. The minimum absolute atomic E-state index is 0.201. The molecule has 1 amide bonds. The molecular weight excluding hydrogens is 334 g/mol. The Labute approximate surface area is 150 Å². The molecule has 3 aromatic rings. The summed E-state index contributed by atoms with van der Waals surface area (Å²) in [5.74, 6) is -0.00227. The third-order valence-corrected chi connectivity index (χ3v) is 5.48. The van der Waals surface area contributed by atoms with Crippen molar-refractivity contribution in [2.45, 2.75) is 40.2 Å². The normalized spacial score (nSPS) is 12.5. The van der Waals surface area contributed by atoms with Crippen molar-refractivity contribution in [1.82, 2.24) is 9.55 Å². The first-order chi connectivity index (χ1) is 11.8. The van der Waals surface area contributed by atoms with E-state index in [1.807, 2.05) is 45.0 Å². The Balaban J connectivity index is 2.37. The standard InChI is InChI=1S/C19H21N3O2S/c1-5-14(17(20)23)22-12(4)21-18-16(19(22)24)15(11(3)25-18)13-8-6-10(2)7-9-13/h6-9,14H,5H2,1-4H3,(H2,20,23). The SMILES string of the molecule is CCC(C(N)=O)n1c(C)nc2sc(C)c(-c3ccc(C)cc3)c2c1=O. The Morgan fingerprint density at radius 1 is 1.24 bits per heavy atom. The van der Waals surface area contributed by atoms with Gasteiger partial charge in [-0.3, -0.25) is 14.2 Å². The molecule has 1 unspecified atom stereocenters. The quantitative estimate of drug-likeness (QED) is 0.778. The zero-order valence-corrected chi connectivity index (χ0v) is 15.6. The molecule has 0 aliphatic rings. The number of carbonyl (C=O) groups excluding carboxylic acids is 1. The van der Waals surface area contributed by atoms with E-state index in [2.05, 4.69) is 4.98 Å². The lowest BCUT2D eigenvalue weighted by molar-refractivity contribution is -0.121. The van der Waals surface area contributed by atoms with Crippen molar-refractivity contribution in [1.29, 1.82) is 0 Å². The van der Waals surface area contributed by atoms with Gasteiger partial charge in [0.05, 0.1) is 5.39 Å². The van der Waals surface area contributed by atoms with Crippen LogP contribution in [-0.2, 0) is 4.79 Å². The Morgan fingerprint density at radius 2 is 1.88 bits per heavy atom. The first kappa shape index (κ1) is 17.4. The van der Waals surface area contributed by atoms with E-state index in [0.29, 0.717) is 22.5 Å². The van der Waals surface area contributed by atoms with Crippen LogP contribution in [0.25, 0.3) is 21.3 Å². The van der Waals surface area contributed by atoms with E-state index in [9.17, 15) is 9.59 Å². The number of hydrogen-bond acceptors (Lipinski definition) is 4. The highest BCUT2D eigenvalue weighted by molar-refractivity contribution is 7.19. The first-order valence-corrected chi connectivity index (χ1v) is 9.05. The molecule has 0 bridgehead atoms. The number of carbonyl (C=O) groups is 1. The van der Waals surface area contributed by atoms with Crippen LogP contribution in [0.3, 0.4) is 0 Å². The topological polar surface area (TPSA) is 78.0 Å². The molecule has 0 saturated heterocycles. The van der Waals surface area contributed by atoms with Gasteiger partial charge in [-0.15, -0.1) is 11.3 Å². The van der Waals surface area contributed by atoms with Gasteiger partial charge in [0, 0.05) is 10.4 Å². The summed E-state index contributed by atoms with van der Waals surface area (Å²) in [5, 5.41) is 0.566. The van der Waals surface area contributed by atoms with Crippen molar-refractivity contribution in [3.63, 3.8) is 0 Å². The Hall–Kier alpha value is -2.47. The maximum Gasteiger partial charge on any atom is 0.263 e. The number of aromatic nitrogens is 2. The van der Waals surface area contributed by atoms with E-state index < -0.39 is 11.9 Å². The van der Waals surface area contributed by atoms with Gasteiger partial charge in [0.1, 0.15) is 16.7 Å². The molecule has 2 N–H and O–H groups in total. The van der Waals surface area contributed by atoms with E-state index in [1.165, 1.54) is 15.9 Å². The summed E-state index contributed by atoms with van der Waals surface area (Å²) in [5.41, 5.74) is 8.34. The summed E-state index contributed by atoms with van der Waals surface area (Å²) in [4.78, 5) is 31.4. The lowest BCUT2D eigenvalue weighted by atomic mass is 10.0. The summed E-state index contributed by atoms with van der Waals surface area (Å²) < 4.78 is 1.44. The van der Waals surface area contributed by atoms with Crippen LogP contribution < -0.4 is 11.3 Å². The van der Waals surface area contributed by atoms with Gasteiger partial charge < -0.3 is 5.73 Å².